The molecule has 2 N–H and O–H groups in total. The first-order chi connectivity index (χ1) is 8.16. The molecule has 88 valence electrons. The zero-order chi connectivity index (χ0) is 12.3. The molecule has 17 heavy (non-hydrogen) atoms. The molecule has 0 saturated carbocycles. The number of hydrogen-bond donors (Lipinski definition) is 1. The highest BCUT2D eigenvalue weighted by Crippen LogP contribution is 2.23. The fourth-order valence-electron chi connectivity index (χ4n) is 1.98. The molecule has 2 aromatic rings. The van der Waals surface area contributed by atoms with Gasteiger partial charge >= 0.3 is 0 Å². The molecular weight excluding hydrogens is 230 g/mol. The van der Waals surface area contributed by atoms with E-state index in [0.29, 0.717) is 0 Å². The summed E-state index contributed by atoms with van der Waals surface area (Å²) in [5.41, 5.74) is 9.71. The Morgan fingerprint density at radius 1 is 1.12 bits per heavy atom. The third kappa shape index (κ3) is 3.09. The first-order valence-electron chi connectivity index (χ1n) is 5.72. The topological polar surface area (TPSA) is 26.0 Å². The Morgan fingerprint density at radius 2 is 1.88 bits per heavy atom. The van der Waals surface area contributed by atoms with Gasteiger partial charge in [-0.15, -0.1) is 0 Å². The maximum Gasteiger partial charge on any atom is 0.0453 e. The molecule has 2 rings (SSSR count). The van der Waals surface area contributed by atoms with Crippen LogP contribution >= 0.6 is 11.6 Å². The summed E-state index contributed by atoms with van der Waals surface area (Å²) < 4.78 is 0. The van der Waals surface area contributed by atoms with E-state index in [9.17, 15) is 0 Å². The van der Waals surface area contributed by atoms with E-state index < -0.39 is 0 Å². The van der Waals surface area contributed by atoms with Crippen molar-refractivity contribution >= 4 is 11.6 Å². The number of nitrogens with two attached hydrogens (primary N) is 1. The molecule has 0 aliphatic heterocycles. The minimum Gasteiger partial charge on any atom is -0.324 e. The van der Waals surface area contributed by atoms with Crippen LogP contribution in [0, 0.1) is 6.92 Å². The predicted octanol–water partition coefficient (Wildman–Crippen LogP) is 3.89. The average molecular weight is 246 g/mol. The van der Waals surface area contributed by atoms with E-state index in [1.54, 1.807) is 0 Å². The van der Waals surface area contributed by atoms with Crippen LogP contribution in [-0.4, -0.2) is 0 Å². The van der Waals surface area contributed by atoms with Crippen molar-refractivity contribution in [2.75, 3.05) is 0 Å². The molecule has 0 bridgehead atoms. The standard InChI is InChI=1S/C15H16ClN/c1-11-5-4-6-12(9-11)10-15(17)13-7-2-3-8-14(13)16/h2-9,15H,10,17H2,1H3. The Bertz CT molecular complexity index is 508. The van der Waals surface area contributed by atoms with Crippen LogP contribution in [0.2, 0.25) is 5.02 Å². The molecule has 1 atom stereocenters. The van der Waals surface area contributed by atoms with E-state index >= 15 is 0 Å². The van der Waals surface area contributed by atoms with Gasteiger partial charge in [0.15, 0.2) is 0 Å². The van der Waals surface area contributed by atoms with Crippen molar-refractivity contribution in [3.8, 4) is 0 Å². The maximum atomic E-state index is 6.19. The molecule has 1 unspecified atom stereocenters. The smallest absolute Gasteiger partial charge is 0.0453 e. The molecule has 0 radical (unpaired) electrons. The summed E-state index contributed by atoms with van der Waals surface area (Å²) in [6.45, 7) is 2.09. The number of benzene rings is 2. The van der Waals surface area contributed by atoms with Crippen LogP contribution in [0.15, 0.2) is 48.5 Å². The summed E-state index contributed by atoms with van der Waals surface area (Å²) in [6, 6.07) is 16.1. The van der Waals surface area contributed by atoms with Gasteiger partial charge in [-0.1, -0.05) is 59.6 Å². The first-order valence-corrected chi connectivity index (χ1v) is 6.10. The van der Waals surface area contributed by atoms with Crippen molar-refractivity contribution in [3.05, 3.63) is 70.2 Å². The van der Waals surface area contributed by atoms with Crippen molar-refractivity contribution in [1.82, 2.24) is 0 Å². The van der Waals surface area contributed by atoms with Crippen LogP contribution in [0.1, 0.15) is 22.7 Å². The van der Waals surface area contributed by atoms with E-state index in [2.05, 4.69) is 31.2 Å². The second-order valence-corrected chi connectivity index (χ2v) is 4.73. The first kappa shape index (κ1) is 12.2. The highest BCUT2D eigenvalue weighted by atomic mass is 35.5. The molecule has 0 fully saturated rings. The van der Waals surface area contributed by atoms with Gasteiger partial charge in [0.2, 0.25) is 0 Å². The molecule has 0 aliphatic carbocycles. The normalized spacial score (nSPS) is 12.4. The van der Waals surface area contributed by atoms with Gasteiger partial charge in [-0.05, 0) is 30.5 Å². The number of aryl methyl sites for hydroxylation is 1. The molecule has 2 heteroatoms. The van der Waals surface area contributed by atoms with Crippen LogP contribution in [0.4, 0.5) is 0 Å². The third-order valence-corrected chi connectivity index (χ3v) is 3.19. The lowest BCUT2D eigenvalue weighted by atomic mass is 9.99. The summed E-state index contributed by atoms with van der Waals surface area (Å²) in [5, 5.41) is 0.743. The van der Waals surface area contributed by atoms with Crippen molar-refractivity contribution in [3.63, 3.8) is 0 Å². The lowest BCUT2D eigenvalue weighted by molar-refractivity contribution is 0.722. The Morgan fingerprint density at radius 3 is 2.59 bits per heavy atom. The van der Waals surface area contributed by atoms with Gasteiger partial charge in [-0.25, -0.2) is 0 Å². The Labute approximate surface area is 107 Å². The second-order valence-electron chi connectivity index (χ2n) is 4.32. The highest BCUT2D eigenvalue weighted by molar-refractivity contribution is 6.31. The van der Waals surface area contributed by atoms with Crippen molar-refractivity contribution in [2.24, 2.45) is 5.73 Å². The minimum atomic E-state index is -0.0505. The Hall–Kier alpha value is -1.31. The lowest BCUT2D eigenvalue weighted by Crippen LogP contribution is -2.13. The molecule has 0 spiro atoms. The summed E-state index contributed by atoms with van der Waals surface area (Å²) >= 11 is 6.14. The molecule has 0 amide bonds. The van der Waals surface area contributed by atoms with Gasteiger partial charge in [0, 0.05) is 11.1 Å². The predicted molar refractivity (Wildman–Crippen MR) is 73.3 cm³/mol. The van der Waals surface area contributed by atoms with Crippen LogP contribution in [0.25, 0.3) is 0 Å². The van der Waals surface area contributed by atoms with Crippen LogP contribution in [-0.2, 0) is 6.42 Å². The molecule has 0 saturated heterocycles. The average Bonchev–Trinajstić information content (AvgIpc) is 2.29. The van der Waals surface area contributed by atoms with Gasteiger partial charge in [0.25, 0.3) is 0 Å². The van der Waals surface area contributed by atoms with Crippen molar-refractivity contribution < 1.29 is 0 Å². The van der Waals surface area contributed by atoms with Gasteiger partial charge in [-0.2, -0.15) is 0 Å². The number of halogens is 1. The van der Waals surface area contributed by atoms with Gasteiger partial charge in [0.05, 0.1) is 0 Å². The van der Waals surface area contributed by atoms with Gasteiger partial charge < -0.3 is 5.73 Å². The monoisotopic (exact) mass is 245 g/mol. The second kappa shape index (κ2) is 5.35. The van der Waals surface area contributed by atoms with Gasteiger partial charge in [-0.3, -0.25) is 0 Å². The lowest BCUT2D eigenvalue weighted by Gasteiger charge is -2.14. The zero-order valence-electron chi connectivity index (χ0n) is 9.86. The van der Waals surface area contributed by atoms with E-state index in [1.165, 1.54) is 11.1 Å². The third-order valence-electron chi connectivity index (χ3n) is 2.84. The fraction of sp³-hybridized carbons (Fsp3) is 0.200. The highest BCUT2D eigenvalue weighted by Gasteiger charge is 2.10. The molecule has 2 aromatic carbocycles. The Balaban J connectivity index is 2.17. The summed E-state index contributed by atoms with van der Waals surface area (Å²) in [7, 11) is 0. The summed E-state index contributed by atoms with van der Waals surface area (Å²) in [4.78, 5) is 0. The molecular formula is C15H16ClN. The molecule has 0 aromatic heterocycles. The fourth-order valence-corrected chi connectivity index (χ4v) is 2.25. The van der Waals surface area contributed by atoms with E-state index in [0.717, 1.165) is 17.0 Å². The van der Waals surface area contributed by atoms with Crippen LogP contribution in [0.5, 0.6) is 0 Å². The van der Waals surface area contributed by atoms with Crippen LogP contribution in [0.3, 0.4) is 0 Å². The molecule has 0 heterocycles. The SMILES string of the molecule is Cc1cccc(CC(N)c2ccccc2Cl)c1. The largest absolute Gasteiger partial charge is 0.324 e. The Kier molecular flexibility index (Phi) is 3.82. The molecule has 1 nitrogen and oxygen atoms in total. The number of rotatable bonds is 3. The quantitative estimate of drug-likeness (QED) is 0.872. The number of hydrogen-bond acceptors (Lipinski definition) is 1. The van der Waals surface area contributed by atoms with E-state index in [-0.39, 0.29) is 6.04 Å². The molecule has 0 aliphatic rings. The van der Waals surface area contributed by atoms with Gasteiger partial charge in [0.1, 0.15) is 0 Å². The summed E-state index contributed by atoms with van der Waals surface area (Å²) in [5.74, 6) is 0. The van der Waals surface area contributed by atoms with Crippen molar-refractivity contribution in [2.45, 2.75) is 19.4 Å². The van der Waals surface area contributed by atoms with E-state index in [1.807, 2.05) is 24.3 Å². The van der Waals surface area contributed by atoms with Crippen molar-refractivity contribution in [1.29, 1.82) is 0 Å². The van der Waals surface area contributed by atoms with Crippen LogP contribution < -0.4 is 5.73 Å². The zero-order valence-corrected chi connectivity index (χ0v) is 10.6. The minimum absolute atomic E-state index is 0.0505. The summed E-state index contributed by atoms with van der Waals surface area (Å²) in [6.07, 6.45) is 0.811. The maximum absolute atomic E-state index is 6.19. The van der Waals surface area contributed by atoms with E-state index in [4.69, 9.17) is 17.3 Å².